The highest BCUT2D eigenvalue weighted by molar-refractivity contribution is 5.86. The Morgan fingerprint density at radius 1 is 1.12 bits per heavy atom. The molecule has 0 spiro atoms. The number of fused-ring (bicyclic) bond motifs is 3. The fourth-order valence-electron chi connectivity index (χ4n) is 3.16. The Labute approximate surface area is 152 Å². The van der Waals surface area contributed by atoms with Crippen molar-refractivity contribution in [1.29, 1.82) is 0 Å². The van der Waals surface area contributed by atoms with E-state index in [-0.39, 0.29) is 0 Å². The molecule has 0 aliphatic carbocycles. The second-order valence-corrected chi connectivity index (χ2v) is 6.93. The van der Waals surface area contributed by atoms with Crippen molar-refractivity contribution < 1.29 is 0 Å². The summed E-state index contributed by atoms with van der Waals surface area (Å²) in [5, 5.41) is 3.45. The van der Waals surface area contributed by atoms with Gasteiger partial charge < -0.3 is 11.1 Å². The smallest absolute Gasteiger partial charge is 0.181 e. The number of nitrogens with zero attached hydrogens (tertiary/aromatic N) is 3. The Hall–Kier alpha value is -2.92. The second kappa shape index (κ2) is 6.77. The highest BCUT2D eigenvalue weighted by Gasteiger charge is 2.15. The predicted octanol–water partition coefficient (Wildman–Crippen LogP) is 4.08. The van der Waals surface area contributed by atoms with E-state index in [9.17, 15) is 0 Å². The Morgan fingerprint density at radius 2 is 1.96 bits per heavy atom. The molecule has 0 amide bonds. The maximum absolute atomic E-state index is 5.82. The van der Waals surface area contributed by atoms with E-state index in [1.807, 2.05) is 36.5 Å². The first-order valence-corrected chi connectivity index (χ1v) is 8.97. The van der Waals surface area contributed by atoms with Gasteiger partial charge >= 0.3 is 0 Å². The van der Waals surface area contributed by atoms with Crippen LogP contribution in [-0.2, 0) is 6.54 Å². The molecule has 0 saturated heterocycles. The van der Waals surface area contributed by atoms with Crippen LogP contribution in [0.2, 0.25) is 0 Å². The summed E-state index contributed by atoms with van der Waals surface area (Å²) in [5.74, 6) is 1.35. The Kier molecular flexibility index (Phi) is 4.31. The lowest BCUT2D eigenvalue weighted by molar-refractivity contribution is 0.687. The molecule has 5 heteroatoms. The topological polar surface area (TPSA) is 68.2 Å². The van der Waals surface area contributed by atoms with E-state index in [4.69, 9.17) is 10.7 Å². The highest BCUT2D eigenvalue weighted by atomic mass is 15.1. The van der Waals surface area contributed by atoms with Gasteiger partial charge in [0.15, 0.2) is 11.5 Å². The number of anilines is 1. The first kappa shape index (κ1) is 16.5. The fourth-order valence-corrected chi connectivity index (χ4v) is 3.16. The molecule has 0 fully saturated rings. The Balaban J connectivity index is 1.97. The van der Waals surface area contributed by atoms with Gasteiger partial charge in [-0.15, -0.1) is 0 Å². The zero-order valence-electron chi connectivity index (χ0n) is 15.1. The minimum atomic E-state index is 0.522. The van der Waals surface area contributed by atoms with Gasteiger partial charge in [-0.05, 0) is 29.7 Å². The van der Waals surface area contributed by atoms with Crippen molar-refractivity contribution in [1.82, 2.24) is 14.4 Å². The van der Waals surface area contributed by atoms with E-state index in [1.54, 1.807) is 0 Å². The molecule has 0 atom stereocenters. The molecule has 0 aliphatic rings. The van der Waals surface area contributed by atoms with Crippen LogP contribution in [0, 0.1) is 5.92 Å². The minimum Gasteiger partial charge on any atom is -0.367 e. The quantitative estimate of drug-likeness (QED) is 0.572. The first-order chi connectivity index (χ1) is 12.7. The lowest BCUT2D eigenvalue weighted by atomic mass is 10.1. The van der Waals surface area contributed by atoms with Gasteiger partial charge in [0.2, 0.25) is 0 Å². The van der Waals surface area contributed by atoms with Gasteiger partial charge in [-0.2, -0.15) is 0 Å². The van der Waals surface area contributed by atoms with Crippen LogP contribution in [0.5, 0.6) is 0 Å². The van der Waals surface area contributed by atoms with E-state index < -0.39 is 0 Å². The third kappa shape index (κ3) is 2.91. The number of imidazole rings is 1. The lowest BCUT2D eigenvalue weighted by Gasteiger charge is -2.13. The zero-order valence-corrected chi connectivity index (χ0v) is 15.1. The summed E-state index contributed by atoms with van der Waals surface area (Å²) < 4.78 is 2.18. The maximum Gasteiger partial charge on any atom is 0.181 e. The number of nitrogens with two attached hydrogens (primary N) is 1. The van der Waals surface area contributed by atoms with Crippen LogP contribution in [-0.4, -0.2) is 20.9 Å². The molecule has 2 aromatic heterocycles. The SMILES string of the molecule is CC(C)CNc1nc2ccccc2n2c(-c3cccc(CN)c3)cnc12. The van der Waals surface area contributed by atoms with E-state index in [0.717, 1.165) is 45.9 Å². The van der Waals surface area contributed by atoms with Gasteiger partial charge in [-0.3, -0.25) is 4.40 Å². The van der Waals surface area contributed by atoms with Crippen LogP contribution in [0.4, 0.5) is 5.82 Å². The summed E-state index contributed by atoms with van der Waals surface area (Å²) in [7, 11) is 0. The monoisotopic (exact) mass is 345 g/mol. The zero-order chi connectivity index (χ0) is 18.1. The van der Waals surface area contributed by atoms with E-state index >= 15 is 0 Å². The minimum absolute atomic E-state index is 0.522. The van der Waals surface area contributed by atoms with Gasteiger partial charge in [-0.1, -0.05) is 44.2 Å². The maximum atomic E-state index is 5.82. The molecule has 0 radical (unpaired) electrons. The summed E-state index contributed by atoms with van der Waals surface area (Å²) in [6.45, 7) is 5.74. The van der Waals surface area contributed by atoms with Crippen molar-refractivity contribution in [3.63, 3.8) is 0 Å². The number of nitrogens with one attached hydrogen (secondary N) is 1. The summed E-state index contributed by atoms with van der Waals surface area (Å²) in [6.07, 6.45) is 1.92. The highest BCUT2D eigenvalue weighted by Crippen LogP contribution is 2.28. The van der Waals surface area contributed by atoms with E-state index in [0.29, 0.717) is 12.5 Å². The molecule has 2 heterocycles. The van der Waals surface area contributed by atoms with Crippen molar-refractivity contribution >= 4 is 22.5 Å². The number of benzene rings is 2. The number of rotatable bonds is 5. The third-order valence-electron chi connectivity index (χ3n) is 4.46. The number of hydrogen-bond donors (Lipinski definition) is 2. The van der Waals surface area contributed by atoms with E-state index in [2.05, 4.69) is 46.7 Å². The summed E-state index contributed by atoms with van der Waals surface area (Å²) in [6, 6.07) is 16.5. The molecule has 0 aliphatic heterocycles. The van der Waals surface area contributed by atoms with Gasteiger partial charge in [0.25, 0.3) is 0 Å². The molecule has 2 aromatic carbocycles. The fraction of sp³-hybridized carbons (Fsp3) is 0.238. The molecule has 0 unspecified atom stereocenters. The van der Waals surface area contributed by atoms with Crippen LogP contribution in [0.25, 0.3) is 27.9 Å². The van der Waals surface area contributed by atoms with Gasteiger partial charge in [0.05, 0.1) is 22.9 Å². The number of aromatic nitrogens is 3. The predicted molar refractivity (Wildman–Crippen MR) is 107 cm³/mol. The normalized spacial score (nSPS) is 11.5. The first-order valence-electron chi connectivity index (χ1n) is 8.97. The lowest BCUT2D eigenvalue weighted by Crippen LogP contribution is -2.11. The Bertz CT molecular complexity index is 1060. The van der Waals surface area contributed by atoms with Crippen LogP contribution in [0.15, 0.2) is 54.7 Å². The molecule has 4 aromatic rings. The van der Waals surface area contributed by atoms with Crippen LogP contribution in [0.1, 0.15) is 19.4 Å². The standard InChI is InChI=1S/C21H23N5/c1-14(2)12-23-20-21-24-13-19(16-7-5-6-15(10-16)11-22)26(21)18-9-4-3-8-17(18)25-20/h3-10,13-14H,11-12,22H2,1-2H3,(H,23,25). The number of para-hydroxylation sites is 2. The summed E-state index contributed by atoms with van der Waals surface area (Å²) in [4.78, 5) is 9.49. The van der Waals surface area contributed by atoms with Crippen molar-refractivity contribution in [2.45, 2.75) is 20.4 Å². The van der Waals surface area contributed by atoms with Crippen molar-refractivity contribution in [2.75, 3.05) is 11.9 Å². The molecule has 3 N–H and O–H groups in total. The molecule has 0 bridgehead atoms. The molecule has 0 saturated carbocycles. The summed E-state index contributed by atoms with van der Waals surface area (Å²) >= 11 is 0. The molecule has 132 valence electrons. The molecule has 4 rings (SSSR count). The van der Waals surface area contributed by atoms with Crippen LogP contribution >= 0.6 is 0 Å². The van der Waals surface area contributed by atoms with Crippen molar-refractivity contribution in [3.05, 3.63) is 60.3 Å². The van der Waals surface area contributed by atoms with Gasteiger partial charge in [0.1, 0.15) is 0 Å². The summed E-state index contributed by atoms with van der Waals surface area (Å²) in [5.41, 5.74) is 11.9. The second-order valence-electron chi connectivity index (χ2n) is 6.93. The van der Waals surface area contributed by atoms with Crippen molar-refractivity contribution in [2.24, 2.45) is 11.7 Å². The van der Waals surface area contributed by atoms with Gasteiger partial charge in [0, 0.05) is 18.7 Å². The van der Waals surface area contributed by atoms with Gasteiger partial charge in [-0.25, -0.2) is 9.97 Å². The largest absolute Gasteiger partial charge is 0.367 e. The number of hydrogen-bond acceptors (Lipinski definition) is 4. The third-order valence-corrected chi connectivity index (χ3v) is 4.46. The van der Waals surface area contributed by atoms with Crippen LogP contribution in [0.3, 0.4) is 0 Å². The molecular weight excluding hydrogens is 322 g/mol. The molecule has 26 heavy (non-hydrogen) atoms. The average Bonchev–Trinajstić information content (AvgIpc) is 3.11. The average molecular weight is 345 g/mol. The van der Waals surface area contributed by atoms with Crippen molar-refractivity contribution in [3.8, 4) is 11.3 Å². The van der Waals surface area contributed by atoms with Crippen LogP contribution < -0.4 is 11.1 Å². The molecule has 5 nitrogen and oxygen atoms in total. The molecular formula is C21H23N5. The Morgan fingerprint density at radius 3 is 2.77 bits per heavy atom. The van der Waals surface area contributed by atoms with E-state index in [1.165, 1.54) is 0 Å².